The maximum absolute atomic E-state index is 12.7. The van der Waals surface area contributed by atoms with Gasteiger partial charge in [-0.25, -0.2) is 8.42 Å². The highest BCUT2D eigenvalue weighted by atomic mass is 35.5. The van der Waals surface area contributed by atoms with Crippen LogP contribution in [-0.2, 0) is 34.2 Å². The van der Waals surface area contributed by atoms with Crippen LogP contribution in [0, 0.1) is 0 Å². The van der Waals surface area contributed by atoms with Gasteiger partial charge < -0.3 is 26.0 Å². The van der Waals surface area contributed by atoms with Gasteiger partial charge in [0.1, 0.15) is 11.5 Å². The molecule has 0 aliphatic rings. The molecule has 210 valence electrons. The number of β-amino-alcohol motifs (C(OH)–C–C–N with tert-alkyl or cyclic N) is 1. The van der Waals surface area contributed by atoms with E-state index in [0.29, 0.717) is 22.6 Å². The van der Waals surface area contributed by atoms with Gasteiger partial charge in [-0.1, -0.05) is 48.0 Å². The highest BCUT2D eigenvalue weighted by Gasteiger charge is 2.22. The van der Waals surface area contributed by atoms with Gasteiger partial charge in [-0.15, -0.1) is 0 Å². The fourth-order valence-corrected chi connectivity index (χ4v) is 4.82. The Kier molecular flexibility index (Phi) is 9.84. The minimum Gasteiger partial charge on any atom is -0.508 e. The number of phenols is 2. The van der Waals surface area contributed by atoms with Crippen molar-refractivity contribution in [3.63, 3.8) is 0 Å². The number of aliphatic hydroxyl groups is 1. The molecule has 3 rings (SSSR count). The zero-order valence-corrected chi connectivity index (χ0v) is 23.6. The second-order valence-corrected chi connectivity index (χ2v) is 12.3. The molecule has 0 unspecified atom stereocenters. The number of aliphatic hydroxyl groups excluding tert-OH is 1. The Bertz CT molecular complexity index is 1430. The number of phenolic OH excluding ortho intramolecular Hbond substituents is 2. The first kappa shape index (κ1) is 30.2. The largest absolute Gasteiger partial charge is 0.508 e. The number of nitrogens with one attached hydrogen (secondary N) is 3. The molecule has 0 saturated heterocycles. The number of halogens is 1. The van der Waals surface area contributed by atoms with Gasteiger partial charge in [0.05, 0.1) is 24.5 Å². The molecule has 0 aliphatic carbocycles. The minimum absolute atomic E-state index is 0.00760. The van der Waals surface area contributed by atoms with Gasteiger partial charge in [-0.05, 0) is 61.2 Å². The second kappa shape index (κ2) is 12.7. The van der Waals surface area contributed by atoms with Gasteiger partial charge in [0, 0.05) is 29.2 Å². The third kappa shape index (κ3) is 9.43. The first-order chi connectivity index (χ1) is 18.2. The molecule has 1 amide bonds. The fourth-order valence-electron chi connectivity index (χ4n) is 4.09. The Balaban J connectivity index is 1.61. The van der Waals surface area contributed by atoms with Crippen LogP contribution in [-0.4, -0.2) is 48.0 Å². The van der Waals surface area contributed by atoms with Crippen molar-refractivity contribution in [2.24, 2.45) is 0 Å². The van der Waals surface area contributed by atoms with Gasteiger partial charge in [-0.3, -0.25) is 9.52 Å². The van der Waals surface area contributed by atoms with E-state index in [4.69, 9.17) is 11.6 Å². The summed E-state index contributed by atoms with van der Waals surface area (Å²) in [6.07, 6.45) is 0.742. The standard InChI is InChI=1S/C28H34ClN3O6S/c1-28(2,31-17-26(35)19-9-11-24(33)23(12-19)32-39(3,37)38)15-20-7-5-4-6-18(20)13-27(36)30-16-21-8-10-22(29)14-25(21)34/h4-12,14,26,31-35H,13,15-17H2,1-3H3,(H,30,36)/t26-/m1/s1. The summed E-state index contributed by atoms with van der Waals surface area (Å²) in [5.74, 6) is -0.410. The monoisotopic (exact) mass is 575 g/mol. The summed E-state index contributed by atoms with van der Waals surface area (Å²) in [4.78, 5) is 12.7. The Morgan fingerprint density at radius 2 is 1.67 bits per heavy atom. The molecule has 0 fully saturated rings. The van der Waals surface area contributed by atoms with Gasteiger partial charge >= 0.3 is 0 Å². The average Bonchev–Trinajstić information content (AvgIpc) is 2.83. The number of rotatable bonds is 12. The Hall–Kier alpha value is -3.31. The molecule has 0 spiro atoms. The molecule has 3 aromatic rings. The van der Waals surface area contributed by atoms with Crippen LogP contribution in [0.1, 0.15) is 42.2 Å². The van der Waals surface area contributed by atoms with E-state index in [2.05, 4.69) is 15.4 Å². The van der Waals surface area contributed by atoms with E-state index in [-0.39, 0.29) is 42.6 Å². The summed E-state index contributed by atoms with van der Waals surface area (Å²) in [7, 11) is -3.60. The van der Waals surface area contributed by atoms with Crippen molar-refractivity contribution in [1.82, 2.24) is 10.6 Å². The van der Waals surface area contributed by atoms with Crippen molar-refractivity contribution in [3.8, 4) is 11.5 Å². The molecule has 11 heteroatoms. The highest BCUT2D eigenvalue weighted by Crippen LogP contribution is 2.28. The van der Waals surface area contributed by atoms with E-state index in [0.717, 1.165) is 17.4 Å². The topological polar surface area (TPSA) is 148 Å². The van der Waals surface area contributed by atoms with Crippen molar-refractivity contribution in [1.29, 1.82) is 0 Å². The number of aromatic hydroxyl groups is 2. The minimum atomic E-state index is -3.60. The van der Waals surface area contributed by atoms with Crippen molar-refractivity contribution >= 4 is 33.2 Å². The van der Waals surface area contributed by atoms with Crippen LogP contribution in [0.25, 0.3) is 0 Å². The second-order valence-electron chi connectivity index (χ2n) is 10.1. The number of carbonyl (C=O) groups excluding carboxylic acids is 1. The number of carbonyl (C=O) groups is 1. The lowest BCUT2D eigenvalue weighted by Gasteiger charge is -2.29. The molecular formula is C28H34ClN3O6S. The van der Waals surface area contributed by atoms with Crippen molar-refractivity contribution in [2.75, 3.05) is 17.5 Å². The van der Waals surface area contributed by atoms with E-state index < -0.39 is 21.7 Å². The molecule has 1 atom stereocenters. The van der Waals surface area contributed by atoms with Crippen LogP contribution in [0.2, 0.25) is 5.02 Å². The van der Waals surface area contributed by atoms with E-state index in [1.54, 1.807) is 12.1 Å². The van der Waals surface area contributed by atoms with Crippen LogP contribution < -0.4 is 15.4 Å². The summed E-state index contributed by atoms with van der Waals surface area (Å²) in [5, 5.41) is 37.2. The molecule has 0 aromatic heterocycles. The van der Waals surface area contributed by atoms with Gasteiger partial charge in [0.25, 0.3) is 0 Å². The molecule has 0 heterocycles. The predicted molar refractivity (Wildman–Crippen MR) is 152 cm³/mol. The Morgan fingerprint density at radius 1 is 0.974 bits per heavy atom. The van der Waals surface area contributed by atoms with Crippen LogP contribution >= 0.6 is 11.6 Å². The highest BCUT2D eigenvalue weighted by molar-refractivity contribution is 7.92. The lowest BCUT2D eigenvalue weighted by molar-refractivity contribution is -0.120. The number of hydrogen-bond donors (Lipinski definition) is 6. The quantitative estimate of drug-likeness (QED) is 0.181. The predicted octanol–water partition coefficient (Wildman–Crippen LogP) is 3.63. The van der Waals surface area contributed by atoms with E-state index in [1.165, 1.54) is 24.3 Å². The zero-order chi connectivity index (χ0) is 28.8. The summed E-state index contributed by atoms with van der Waals surface area (Å²) < 4.78 is 25.3. The maximum Gasteiger partial charge on any atom is 0.229 e. The van der Waals surface area contributed by atoms with Crippen molar-refractivity contribution in [2.45, 2.75) is 44.9 Å². The summed E-state index contributed by atoms with van der Waals surface area (Å²) in [5.41, 5.74) is 2.36. The van der Waals surface area contributed by atoms with E-state index >= 15 is 0 Å². The van der Waals surface area contributed by atoms with Crippen LogP contribution in [0.4, 0.5) is 5.69 Å². The maximum atomic E-state index is 12.7. The Labute approximate surface area is 233 Å². The number of anilines is 1. The lowest BCUT2D eigenvalue weighted by Crippen LogP contribution is -2.43. The van der Waals surface area contributed by atoms with Crippen molar-refractivity contribution in [3.05, 3.63) is 87.9 Å². The zero-order valence-electron chi connectivity index (χ0n) is 22.0. The first-order valence-corrected chi connectivity index (χ1v) is 14.5. The molecular weight excluding hydrogens is 542 g/mol. The molecule has 0 aliphatic heterocycles. The number of hydrogen-bond acceptors (Lipinski definition) is 7. The molecule has 0 radical (unpaired) electrons. The van der Waals surface area contributed by atoms with Gasteiger partial charge in [-0.2, -0.15) is 0 Å². The molecule has 9 nitrogen and oxygen atoms in total. The third-order valence-corrected chi connectivity index (χ3v) is 6.93. The summed E-state index contributed by atoms with van der Waals surface area (Å²) in [6.45, 7) is 4.30. The molecule has 39 heavy (non-hydrogen) atoms. The molecule has 0 saturated carbocycles. The van der Waals surface area contributed by atoms with Crippen molar-refractivity contribution < 1.29 is 28.5 Å². The first-order valence-electron chi connectivity index (χ1n) is 12.3. The number of amides is 1. The third-order valence-electron chi connectivity index (χ3n) is 6.10. The average molecular weight is 576 g/mol. The van der Waals surface area contributed by atoms with Crippen LogP contribution in [0.3, 0.4) is 0 Å². The Morgan fingerprint density at radius 3 is 2.33 bits per heavy atom. The fraction of sp³-hybridized carbons (Fsp3) is 0.321. The molecule has 6 N–H and O–H groups in total. The summed E-state index contributed by atoms with van der Waals surface area (Å²) >= 11 is 5.86. The lowest BCUT2D eigenvalue weighted by atomic mass is 9.90. The van der Waals surface area contributed by atoms with E-state index in [9.17, 15) is 28.5 Å². The number of benzene rings is 3. The molecule has 3 aromatic carbocycles. The van der Waals surface area contributed by atoms with Gasteiger partial charge in [0.15, 0.2) is 0 Å². The normalized spacial score (nSPS) is 12.6. The van der Waals surface area contributed by atoms with Gasteiger partial charge in [0.2, 0.25) is 15.9 Å². The van der Waals surface area contributed by atoms with Crippen LogP contribution in [0.15, 0.2) is 60.7 Å². The summed E-state index contributed by atoms with van der Waals surface area (Å²) in [6, 6.07) is 16.6. The SMILES string of the molecule is CC(C)(Cc1ccccc1CC(=O)NCc1ccc(Cl)cc1O)NC[C@@H](O)c1ccc(O)c(NS(C)(=O)=O)c1. The smallest absolute Gasteiger partial charge is 0.229 e. The number of sulfonamides is 1. The molecule has 0 bridgehead atoms. The van der Waals surface area contributed by atoms with E-state index in [1.807, 2.05) is 38.1 Å². The van der Waals surface area contributed by atoms with Crippen LogP contribution in [0.5, 0.6) is 11.5 Å².